The number of nitrogens with one attached hydrogen (secondary N) is 2. The van der Waals surface area contributed by atoms with Gasteiger partial charge >= 0.3 is 23.8 Å². The van der Waals surface area contributed by atoms with Gasteiger partial charge in [-0.3, -0.25) is 4.79 Å². The second-order valence-corrected chi connectivity index (χ2v) is 8.89. The summed E-state index contributed by atoms with van der Waals surface area (Å²) in [5.74, 6) is -5.33. The van der Waals surface area contributed by atoms with Crippen LogP contribution in [-0.4, -0.2) is 43.4 Å². The number of ether oxygens (including phenoxy) is 2. The number of alkyl halides is 3. The molecular weight excluding hydrogens is 492 g/mol. The van der Waals surface area contributed by atoms with Crippen molar-refractivity contribution in [1.82, 2.24) is 5.32 Å². The number of methoxy groups -OCH3 is 1. The van der Waals surface area contributed by atoms with Crippen LogP contribution in [0.5, 0.6) is 0 Å². The van der Waals surface area contributed by atoms with Crippen molar-refractivity contribution in [2.45, 2.75) is 50.9 Å². The van der Waals surface area contributed by atoms with Gasteiger partial charge in [-0.2, -0.15) is 13.2 Å². The summed E-state index contributed by atoms with van der Waals surface area (Å²) in [5, 5.41) is 3.36. The molecule has 0 fully saturated rings. The summed E-state index contributed by atoms with van der Waals surface area (Å²) in [5.41, 5.74) is -4.11. The number of hydrogen-bond donors (Lipinski definition) is 2. The Hall–Kier alpha value is -3.15. The third-order valence-corrected chi connectivity index (χ3v) is 6.75. The fraction of sp³-hybridized carbons (Fsp3) is 0.435. The van der Waals surface area contributed by atoms with E-state index in [1.54, 1.807) is 5.32 Å². The molecule has 1 amide bonds. The second kappa shape index (κ2) is 10.6. The van der Waals surface area contributed by atoms with E-state index in [1.807, 2.05) is 0 Å². The lowest BCUT2D eigenvalue weighted by atomic mass is 10.0. The molecule has 2 aromatic rings. The van der Waals surface area contributed by atoms with E-state index in [2.05, 4.69) is 10.1 Å². The Labute approximate surface area is 202 Å². The maximum Gasteiger partial charge on any atom is 0.441 e. The summed E-state index contributed by atoms with van der Waals surface area (Å²) in [4.78, 5) is 38.8. The maximum absolute atomic E-state index is 14.6. The van der Waals surface area contributed by atoms with Crippen molar-refractivity contribution in [2.75, 3.05) is 19.0 Å². The molecule has 1 atom stereocenters. The van der Waals surface area contributed by atoms with Crippen LogP contribution in [0.2, 0.25) is 0 Å². The van der Waals surface area contributed by atoms with Crippen LogP contribution in [0.4, 0.5) is 22.6 Å². The largest absolute Gasteiger partial charge is 0.465 e. The molecule has 0 unspecified atom stereocenters. The van der Waals surface area contributed by atoms with Crippen molar-refractivity contribution < 1.29 is 41.4 Å². The van der Waals surface area contributed by atoms with E-state index < -0.39 is 47.7 Å². The Morgan fingerprint density at radius 2 is 1.77 bits per heavy atom. The quantitative estimate of drug-likeness (QED) is 0.242. The number of halogens is 4. The molecular formula is C23H24F4N2O5S. The average Bonchev–Trinajstić information content (AvgIpc) is 2.97. The average molecular weight is 517 g/mol. The van der Waals surface area contributed by atoms with Gasteiger partial charge in [0.1, 0.15) is 10.8 Å². The molecule has 0 radical (unpaired) electrons. The first kappa shape index (κ1) is 26.5. The number of fused-ring (bicyclic) bond motifs is 1. The van der Waals surface area contributed by atoms with Crippen molar-refractivity contribution in [3.8, 4) is 0 Å². The van der Waals surface area contributed by atoms with Crippen molar-refractivity contribution >= 4 is 34.2 Å². The summed E-state index contributed by atoms with van der Waals surface area (Å²) < 4.78 is 67.4. The zero-order valence-corrected chi connectivity index (χ0v) is 19.8. The Morgan fingerprint density at radius 1 is 1.09 bits per heavy atom. The SMILES string of the molecule is CCOC(=O)[C@](NC(=O)c1ccccc1F)(Nc1sc2c(c1C(=O)OC)CCCCC2)C(F)(F)F. The zero-order chi connectivity index (χ0) is 25.8. The molecule has 0 saturated carbocycles. The van der Waals surface area contributed by atoms with Gasteiger partial charge in [-0.1, -0.05) is 18.6 Å². The molecule has 7 nitrogen and oxygen atoms in total. The fourth-order valence-corrected chi connectivity index (χ4v) is 5.16. The predicted molar refractivity (Wildman–Crippen MR) is 120 cm³/mol. The van der Waals surface area contributed by atoms with E-state index in [0.717, 1.165) is 49.8 Å². The molecule has 12 heteroatoms. The molecule has 0 saturated heterocycles. The van der Waals surface area contributed by atoms with Crippen LogP contribution in [0, 0.1) is 5.82 Å². The number of thiophene rings is 1. The van der Waals surface area contributed by atoms with E-state index in [0.29, 0.717) is 23.3 Å². The minimum atomic E-state index is -5.45. The molecule has 3 rings (SSSR count). The van der Waals surface area contributed by atoms with Gasteiger partial charge in [-0.15, -0.1) is 11.3 Å². The van der Waals surface area contributed by atoms with Gasteiger partial charge in [0.15, 0.2) is 0 Å². The van der Waals surface area contributed by atoms with Crippen LogP contribution in [0.3, 0.4) is 0 Å². The van der Waals surface area contributed by atoms with Crippen LogP contribution in [0.1, 0.15) is 57.3 Å². The molecule has 0 aliphatic heterocycles. The van der Waals surface area contributed by atoms with Gasteiger partial charge in [-0.05, 0) is 50.3 Å². The minimum Gasteiger partial charge on any atom is -0.465 e. The summed E-state index contributed by atoms with van der Waals surface area (Å²) in [6, 6.07) is 4.39. The fourth-order valence-electron chi connectivity index (χ4n) is 3.83. The molecule has 0 spiro atoms. The summed E-state index contributed by atoms with van der Waals surface area (Å²) >= 11 is 0.878. The lowest BCUT2D eigenvalue weighted by Gasteiger charge is -2.35. The van der Waals surface area contributed by atoms with Crippen LogP contribution >= 0.6 is 11.3 Å². The number of anilines is 1. The first-order valence-electron chi connectivity index (χ1n) is 10.9. The maximum atomic E-state index is 14.6. The highest BCUT2D eigenvalue weighted by atomic mass is 32.1. The predicted octanol–water partition coefficient (Wildman–Crippen LogP) is 4.61. The highest BCUT2D eigenvalue weighted by molar-refractivity contribution is 7.16. The van der Waals surface area contributed by atoms with E-state index in [-0.39, 0.29) is 10.6 Å². The zero-order valence-electron chi connectivity index (χ0n) is 19.0. The number of carbonyl (C=O) groups is 3. The van der Waals surface area contributed by atoms with Crippen LogP contribution < -0.4 is 10.6 Å². The molecule has 190 valence electrons. The smallest absolute Gasteiger partial charge is 0.441 e. The molecule has 1 aliphatic rings. The van der Waals surface area contributed by atoms with E-state index in [4.69, 9.17) is 4.74 Å². The monoisotopic (exact) mass is 516 g/mol. The number of esters is 2. The van der Waals surface area contributed by atoms with E-state index in [1.165, 1.54) is 19.1 Å². The van der Waals surface area contributed by atoms with E-state index >= 15 is 0 Å². The highest BCUT2D eigenvalue weighted by Gasteiger charge is 2.64. The van der Waals surface area contributed by atoms with Crippen LogP contribution in [0.25, 0.3) is 0 Å². The van der Waals surface area contributed by atoms with Crippen molar-refractivity contribution in [3.05, 3.63) is 51.7 Å². The van der Waals surface area contributed by atoms with Crippen molar-refractivity contribution in [1.29, 1.82) is 0 Å². The molecule has 1 aromatic heterocycles. The minimum absolute atomic E-state index is 0.132. The topological polar surface area (TPSA) is 93.7 Å². The Balaban J connectivity index is 2.16. The Kier molecular flexibility index (Phi) is 8.04. The van der Waals surface area contributed by atoms with Crippen LogP contribution in [-0.2, 0) is 27.1 Å². The standard InChI is InChI=1S/C23H24F4N2O5S/c1-3-34-21(32)22(23(25,26)27,28-18(30)13-9-7-8-11-15(13)24)29-19-17(20(31)33-2)14-10-5-4-6-12-16(14)35-19/h7-9,11,29H,3-6,10,12H2,1-2H3,(H,28,30)/t22-/m0/s1. The third-order valence-electron chi connectivity index (χ3n) is 5.54. The molecule has 0 bridgehead atoms. The molecule has 2 N–H and O–H groups in total. The first-order valence-corrected chi connectivity index (χ1v) is 11.7. The number of aryl methyl sites for hydroxylation is 1. The lowest BCUT2D eigenvalue weighted by molar-refractivity contribution is -0.204. The highest BCUT2D eigenvalue weighted by Crippen LogP contribution is 2.42. The van der Waals surface area contributed by atoms with Gasteiger partial charge in [0, 0.05) is 4.88 Å². The summed E-state index contributed by atoms with van der Waals surface area (Å²) in [6.45, 7) is 0.865. The number of carbonyl (C=O) groups excluding carboxylic acids is 3. The van der Waals surface area contributed by atoms with E-state index in [9.17, 15) is 31.9 Å². The first-order chi connectivity index (χ1) is 16.6. The second-order valence-electron chi connectivity index (χ2n) is 7.79. The number of rotatable bonds is 7. The summed E-state index contributed by atoms with van der Waals surface area (Å²) in [6.07, 6.45) is -2.09. The van der Waals surface area contributed by atoms with Gasteiger partial charge in [-0.25, -0.2) is 14.0 Å². The Bertz CT molecular complexity index is 1120. The number of benzene rings is 1. The molecule has 1 heterocycles. The number of hydrogen-bond acceptors (Lipinski definition) is 7. The van der Waals surface area contributed by atoms with Crippen LogP contribution in [0.15, 0.2) is 24.3 Å². The summed E-state index contributed by atoms with van der Waals surface area (Å²) in [7, 11) is 1.09. The van der Waals surface area contributed by atoms with Gasteiger partial charge in [0.25, 0.3) is 5.91 Å². The molecule has 1 aliphatic carbocycles. The van der Waals surface area contributed by atoms with Crippen molar-refractivity contribution in [2.24, 2.45) is 0 Å². The van der Waals surface area contributed by atoms with Gasteiger partial charge in [0.2, 0.25) is 0 Å². The normalized spacial score (nSPS) is 15.3. The molecule has 35 heavy (non-hydrogen) atoms. The van der Waals surface area contributed by atoms with Gasteiger partial charge < -0.3 is 20.1 Å². The number of amides is 1. The Morgan fingerprint density at radius 3 is 2.40 bits per heavy atom. The third kappa shape index (κ3) is 5.26. The van der Waals surface area contributed by atoms with Gasteiger partial charge in [0.05, 0.1) is 24.8 Å². The van der Waals surface area contributed by atoms with Crippen molar-refractivity contribution in [3.63, 3.8) is 0 Å². The lowest BCUT2D eigenvalue weighted by Crippen LogP contribution is -2.69. The molecule has 1 aromatic carbocycles.